The number of allylic oxidation sites excluding steroid dienone is 4. The summed E-state index contributed by atoms with van der Waals surface area (Å²) >= 11 is 0. The second-order valence-electron chi connectivity index (χ2n) is 6.50. The number of hydrogen-bond acceptors (Lipinski definition) is 0. The van der Waals surface area contributed by atoms with Crippen molar-refractivity contribution in [1.82, 2.24) is 5.32 Å². The molecule has 0 amide bonds. The number of hydrogen-bond donors (Lipinski definition) is 0. The third-order valence-electron chi connectivity index (χ3n) is 4.34. The summed E-state index contributed by atoms with van der Waals surface area (Å²) in [5, 5.41) is 4.23. The molecule has 1 aliphatic heterocycles. The maximum Gasteiger partial charge on any atom is 0.0626 e. The second kappa shape index (κ2) is 14.9. The molecule has 0 aromatic rings. The van der Waals surface area contributed by atoms with E-state index in [1.165, 1.54) is 89.9 Å². The summed E-state index contributed by atoms with van der Waals surface area (Å²) in [6, 6.07) is 0. The molecule has 22 heavy (non-hydrogen) atoms. The maximum absolute atomic E-state index is 4.23. The van der Waals surface area contributed by atoms with Gasteiger partial charge in [0.1, 0.15) is 0 Å². The van der Waals surface area contributed by atoms with Gasteiger partial charge in [0.15, 0.2) is 0 Å². The molecule has 1 heteroatoms. The number of rotatable bonds is 15. The van der Waals surface area contributed by atoms with E-state index in [0.717, 1.165) is 5.70 Å². The minimum absolute atomic E-state index is 1.09. The van der Waals surface area contributed by atoms with Gasteiger partial charge in [0, 0.05) is 6.20 Å². The van der Waals surface area contributed by atoms with Gasteiger partial charge >= 0.3 is 0 Å². The highest BCUT2D eigenvalue weighted by Gasteiger charge is 1.95. The molecule has 0 aromatic heterocycles. The molecule has 0 spiro atoms. The Morgan fingerprint density at radius 1 is 0.773 bits per heavy atom. The minimum atomic E-state index is 1.09. The second-order valence-corrected chi connectivity index (χ2v) is 6.50. The van der Waals surface area contributed by atoms with Crippen molar-refractivity contribution < 1.29 is 0 Å². The van der Waals surface area contributed by atoms with Crippen LogP contribution < -0.4 is 5.32 Å². The van der Waals surface area contributed by atoms with Gasteiger partial charge in [-0.3, -0.25) is 5.32 Å². The van der Waals surface area contributed by atoms with E-state index in [9.17, 15) is 0 Å². The molecule has 1 heterocycles. The van der Waals surface area contributed by atoms with Crippen molar-refractivity contribution in [3.63, 3.8) is 0 Å². The van der Waals surface area contributed by atoms with E-state index in [1.807, 2.05) is 12.3 Å². The van der Waals surface area contributed by atoms with Crippen LogP contribution in [-0.4, -0.2) is 0 Å². The van der Waals surface area contributed by atoms with Gasteiger partial charge in [0.25, 0.3) is 0 Å². The predicted octanol–water partition coefficient (Wildman–Crippen LogP) is 7.04. The largest absolute Gasteiger partial charge is 0.257 e. The van der Waals surface area contributed by atoms with E-state index in [2.05, 4.69) is 30.5 Å². The normalized spacial score (nSPS) is 13.8. The fourth-order valence-electron chi connectivity index (χ4n) is 2.90. The molecule has 125 valence electrons. The fourth-order valence-corrected chi connectivity index (χ4v) is 2.90. The first-order valence-corrected chi connectivity index (χ1v) is 9.67. The van der Waals surface area contributed by atoms with Gasteiger partial charge in [-0.1, -0.05) is 90.0 Å². The Labute approximate surface area is 139 Å². The van der Waals surface area contributed by atoms with Crippen LogP contribution in [0.25, 0.3) is 0 Å². The lowest BCUT2D eigenvalue weighted by Gasteiger charge is -2.02. The summed E-state index contributed by atoms with van der Waals surface area (Å²) in [4.78, 5) is 0. The monoisotopic (exact) mass is 302 g/mol. The van der Waals surface area contributed by atoms with E-state index >= 15 is 0 Å². The summed E-state index contributed by atoms with van der Waals surface area (Å²) in [6.45, 7) is 2.29. The Kier molecular flexibility index (Phi) is 12.9. The van der Waals surface area contributed by atoms with Crippen LogP contribution in [0.2, 0.25) is 0 Å². The summed E-state index contributed by atoms with van der Waals surface area (Å²) in [5.41, 5.74) is 1.09. The van der Waals surface area contributed by atoms with Gasteiger partial charge in [-0.05, 0) is 31.1 Å². The Morgan fingerprint density at radius 2 is 1.32 bits per heavy atom. The van der Waals surface area contributed by atoms with Crippen molar-refractivity contribution in [1.29, 1.82) is 0 Å². The van der Waals surface area contributed by atoms with Crippen LogP contribution >= 0.6 is 0 Å². The fraction of sp³-hybridized carbons (Fsp3) is 0.714. The molecule has 1 aliphatic rings. The first kappa shape index (κ1) is 19.1. The highest BCUT2D eigenvalue weighted by atomic mass is 14.9. The summed E-state index contributed by atoms with van der Waals surface area (Å²) in [5.74, 6) is 0. The molecule has 0 atom stereocenters. The number of nitrogens with zero attached hydrogens (tertiary/aromatic N) is 1. The average molecular weight is 303 g/mol. The van der Waals surface area contributed by atoms with Crippen LogP contribution in [0.1, 0.15) is 96.8 Å². The van der Waals surface area contributed by atoms with Crippen LogP contribution in [-0.2, 0) is 0 Å². The van der Waals surface area contributed by atoms with E-state index in [1.54, 1.807) is 0 Å². The van der Waals surface area contributed by atoms with Crippen molar-refractivity contribution in [3.8, 4) is 0 Å². The topological polar surface area (TPSA) is 14.1 Å². The van der Waals surface area contributed by atoms with Gasteiger partial charge in [-0.2, -0.15) is 0 Å². The molecule has 1 rings (SSSR count). The molecule has 0 saturated heterocycles. The first-order chi connectivity index (χ1) is 10.9. The lowest BCUT2D eigenvalue weighted by Crippen LogP contribution is -1.86. The van der Waals surface area contributed by atoms with Gasteiger partial charge < -0.3 is 0 Å². The Hall–Kier alpha value is -0.980. The summed E-state index contributed by atoms with van der Waals surface area (Å²) in [6.07, 6.45) is 30.1. The lowest BCUT2D eigenvalue weighted by atomic mass is 10.0. The predicted molar refractivity (Wildman–Crippen MR) is 98.8 cm³/mol. The van der Waals surface area contributed by atoms with Gasteiger partial charge in [0.2, 0.25) is 0 Å². The van der Waals surface area contributed by atoms with Crippen molar-refractivity contribution in [3.05, 3.63) is 36.2 Å². The van der Waals surface area contributed by atoms with E-state index in [-0.39, 0.29) is 0 Å². The molecule has 0 aromatic carbocycles. The zero-order valence-electron chi connectivity index (χ0n) is 14.7. The molecular formula is C21H36N. The average Bonchev–Trinajstić information content (AvgIpc) is 3.04. The van der Waals surface area contributed by atoms with Crippen molar-refractivity contribution in [2.24, 2.45) is 0 Å². The lowest BCUT2D eigenvalue weighted by molar-refractivity contribution is 0.540. The summed E-state index contributed by atoms with van der Waals surface area (Å²) < 4.78 is 0. The van der Waals surface area contributed by atoms with Gasteiger partial charge in [0.05, 0.1) is 5.70 Å². The Balaban J connectivity index is 1.71. The van der Waals surface area contributed by atoms with Crippen LogP contribution in [0.3, 0.4) is 0 Å². The molecule has 0 fully saturated rings. The van der Waals surface area contributed by atoms with Crippen molar-refractivity contribution in [2.75, 3.05) is 0 Å². The number of unbranched alkanes of at least 4 members (excludes halogenated alkanes) is 13. The quantitative estimate of drug-likeness (QED) is 0.288. The molecule has 0 N–H and O–H groups in total. The van der Waals surface area contributed by atoms with Crippen molar-refractivity contribution in [2.45, 2.75) is 96.8 Å². The Morgan fingerprint density at radius 3 is 1.82 bits per heavy atom. The molecule has 1 radical (unpaired) electrons. The van der Waals surface area contributed by atoms with E-state index < -0.39 is 0 Å². The standard InChI is InChI=1S/C21H36N/c1-2-3-4-5-6-7-8-9-10-11-12-13-14-15-16-18-21-19-17-20-22-21/h16-20H,2-15H2,1H3/b18-16+. The Bertz CT molecular complexity index is 325. The highest BCUT2D eigenvalue weighted by Crippen LogP contribution is 2.13. The zero-order chi connectivity index (χ0) is 15.7. The molecule has 0 bridgehead atoms. The van der Waals surface area contributed by atoms with Gasteiger partial charge in [-0.15, -0.1) is 0 Å². The minimum Gasteiger partial charge on any atom is -0.257 e. The highest BCUT2D eigenvalue weighted by molar-refractivity contribution is 5.28. The molecule has 0 saturated carbocycles. The maximum atomic E-state index is 4.23. The van der Waals surface area contributed by atoms with Crippen molar-refractivity contribution >= 4 is 0 Å². The molecule has 0 aliphatic carbocycles. The zero-order valence-corrected chi connectivity index (χ0v) is 14.7. The smallest absolute Gasteiger partial charge is 0.0626 e. The molecular weight excluding hydrogens is 266 g/mol. The third kappa shape index (κ3) is 11.7. The van der Waals surface area contributed by atoms with Crippen LogP contribution in [0.15, 0.2) is 36.2 Å². The van der Waals surface area contributed by atoms with E-state index in [0.29, 0.717) is 0 Å². The summed E-state index contributed by atoms with van der Waals surface area (Å²) in [7, 11) is 0. The van der Waals surface area contributed by atoms with Gasteiger partial charge in [-0.25, -0.2) is 0 Å². The SMILES string of the molecule is CCCCCCCCCCCCCCC/C=C/C1=CC=C[N]1. The van der Waals surface area contributed by atoms with E-state index in [4.69, 9.17) is 0 Å². The van der Waals surface area contributed by atoms with Crippen LogP contribution in [0, 0.1) is 0 Å². The molecule has 0 unspecified atom stereocenters. The third-order valence-corrected chi connectivity index (χ3v) is 4.34. The van der Waals surface area contributed by atoms with Crippen LogP contribution in [0.4, 0.5) is 0 Å². The van der Waals surface area contributed by atoms with Crippen LogP contribution in [0.5, 0.6) is 0 Å². The first-order valence-electron chi connectivity index (χ1n) is 9.67. The molecule has 1 nitrogen and oxygen atoms in total.